The normalized spacial score (nSPS) is 12.2. The zero-order chi connectivity index (χ0) is 13.8. The highest BCUT2D eigenvalue weighted by Crippen LogP contribution is 2.35. The summed E-state index contributed by atoms with van der Waals surface area (Å²) in [4.78, 5) is 1.17. The lowest BCUT2D eigenvalue weighted by molar-refractivity contribution is 0.409. The summed E-state index contributed by atoms with van der Waals surface area (Å²) in [7, 11) is 1.55. The zero-order valence-electron chi connectivity index (χ0n) is 10.7. The maximum atomic E-state index is 13.4. The molecule has 1 unspecified atom stereocenters. The van der Waals surface area contributed by atoms with Gasteiger partial charge in [0.25, 0.3) is 0 Å². The van der Waals surface area contributed by atoms with Crippen molar-refractivity contribution in [1.82, 2.24) is 0 Å². The molecule has 2 aromatic rings. The Hall–Kier alpha value is -1.19. The summed E-state index contributed by atoms with van der Waals surface area (Å²) in [6.45, 7) is 0. The van der Waals surface area contributed by atoms with Crippen LogP contribution in [0.25, 0.3) is 0 Å². The Bertz CT molecular complexity index is 557. The summed E-state index contributed by atoms with van der Waals surface area (Å²) in [6.07, 6.45) is 2.02. The number of halogens is 2. The molecule has 4 heteroatoms. The molecule has 0 fully saturated rings. The van der Waals surface area contributed by atoms with Crippen LogP contribution in [0.3, 0.4) is 0 Å². The fourth-order valence-corrected chi connectivity index (χ4v) is 2.58. The summed E-state index contributed by atoms with van der Waals surface area (Å²) < 4.78 is 18.6. The monoisotopic (exact) mass is 296 g/mol. The van der Waals surface area contributed by atoms with Crippen LogP contribution in [0.4, 0.5) is 4.39 Å². The topological polar surface area (TPSA) is 9.23 Å². The van der Waals surface area contributed by atoms with Gasteiger partial charge in [0.15, 0.2) is 0 Å². The Morgan fingerprint density at radius 3 is 2.42 bits per heavy atom. The van der Waals surface area contributed by atoms with Crippen molar-refractivity contribution in [2.75, 3.05) is 13.4 Å². The van der Waals surface area contributed by atoms with Gasteiger partial charge in [-0.1, -0.05) is 12.1 Å². The number of benzene rings is 2. The van der Waals surface area contributed by atoms with Gasteiger partial charge in [-0.25, -0.2) is 4.39 Å². The standard InChI is InChI=1S/C15H14ClFOS/c1-18-14-8-5-11(17)9-13(14)15(16)10-3-6-12(19-2)7-4-10/h3-9,15H,1-2H3. The average molecular weight is 297 g/mol. The van der Waals surface area contributed by atoms with Crippen LogP contribution in [0.5, 0.6) is 5.75 Å². The maximum absolute atomic E-state index is 13.4. The molecule has 0 aliphatic heterocycles. The second-order valence-corrected chi connectivity index (χ2v) is 5.34. The quantitative estimate of drug-likeness (QED) is 0.587. The third-order valence-electron chi connectivity index (χ3n) is 2.87. The third kappa shape index (κ3) is 3.23. The summed E-state index contributed by atoms with van der Waals surface area (Å²) in [5.41, 5.74) is 1.56. The lowest BCUT2D eigenvalue weighted by Gasteiger charge is -2.14. The number of hydrogen-bond acceptors (Lipinski definition) is 2. The Morgan fingerprint density at radius 1 is 1.16 bits per heavy atom. The molecule has 19 heavy (non-hydrogen) atoms. The fourth-order valence-electron chi connectivity index (χ4n) is 1.86. The van der Waals surface area contributed by atoms with E-state index in [1.807, 2.05) is 30.5 Å². The first-order valence-electron chi connectivity index (χ1n) is 5.77. The van der Waals surface area contributed by atoms with Crippen molar-refractivity contribution in [2.45, 2.75) is 10.3 Å². The molecule has 0 bridgehead atoms. The molecule has 0 aliphatic rings. The summed E-state index contributed by atoms with van der Waals surface area (Å²) >= 11 is 8.10. The average Bonchev–Trinajstić information content (AvgIpc) is 2.46. The highest BCUT2D eigenvalue weighted by Gasteiger charge is 2.16. The Balaban J connectivity index is 2.36. The van der Waals surface area contributed by atoms with Gasteiger partial charge in [-0.3, -0.25) is 0 Å². The SMILES string of the molecule is COc1ccc(F)cc1C(Cl)c1ccc(SC)cc1. The number of rotatable bonds is 4. The molecular formula is C15H14ClFOS. The van der Waals surface area contributed by atoms with Crippen LogP contribution in [0.1, 0.15) is 16.5 Å². The van der Waals surface area contributed by atoms with Gasteiger partial charge in [0.1, 0.15) is 11.6 Å². The van der Waals surface area contributed by atoms with Gasteiger partial charge in [-0.2, -0.15) is 0 Å². The van der Waals surface area contributed by atoms with E-state index < -0.39 is 5.38 Å². The van der Waals surface area contributed by atoms with E-state index in [4.69, 9.17) is 16.3 Å². The highest BCUT2D eigenvalue weighted by atomic mass is 35.5. The number of alkyl halides is 1. The van der Waals surface area contributed by atoms with Gasteiger partial charge >= 0.3 is 0 Å². The van der Waals surface area contributed by atoms with Gasteiger partial charge in [0, 0.05) is 10.5 Å². The van der Waals surface area contributed by atoms with Crippen LogP contribution in [0.2, 0.25) is 0 Å². The molecule has 100 valence electrons. The smallest absolute Gasteiger partial charge is 0.124 e. The minimum Gasteiger partial charge on any atom is -0.496 e. The van der Waals surface area contributed by atoms with E-state index in [2.05, 4.69) is 0 Å². The molecule has 1 atom stereocenters. The van der Waals surface area contributed by atoms with Gasteiger partial charge in [0.05, 0.1) is 12.5 Å². The van der Waals surface area contributed by atoms with Crippen LogP contribution in [-0.2, 0) is 0 Å². The summed E-state index contributed by atoms with van der Waals surface area (Å²) in [6, 6.07) is 12.3. The zero-order valence-corrected chi connectivity index (χ0v) is 12.3. The van der Waals surface area contributed by atoms with E-state index >= 15 is 0 Å². The van der Waals surface area contributed by atoms with Crippen molar-refractivity contribution in [1.29, 1.82) is 0 Å². The van der Waals surface area contributed by atoms with Gasteiger partial charge < -0.3 is 4.74 Å². The number of hydrogen-bond donors (Lipinski definition) is 0. The molecule has 0 radical (unpaired) electrons. The molecule has 0 saturated heterocycles. The van der Waals surface area contributed by atoms with Crippen LogP contribution in [0, 0.1) is 5.82 Å². The molecule has 0 heterocycles. The van der Waals surface area contributed by atoms with Gasteiger partial charge in [-0.05, 0) is 42.2 Å². The van der Waals surface area contributed by atoms with Crippen molar-refractivity contribution < 1.29 is 9.13 Å². The first-order valence-corrected chi connectivity index (χ1v) is 7.43. The van der Waals surface area contributed by atoms with E-state index in [1.54, 1.807) is 24.9 Å². The molecule has 2 aromatic carbocycles. The second-order valence-electron chi connectivity index (χ2n) is 4.02. The largest absolute Gasteiger partial charge is 0.496 e. The first kappa shape index (κ1) is 14.2. The summed E-state index contributed by atoms with van der Waals surface area (Å²) in [5.74, 6) is 0.275. The lowest BCUT2D eigenvalue weighted by atomic mass is 10.0. The fraction of sp³-hybridized carbons (Fsp3) is 0.200. The molecule has 1 nitrogen and oxygen atoms in total. The van der Waals surface area contributed by atoms with E-state index in [1.165, 1.54) is 17.0 Å². The predicted octanol–water partition coefficient (Wildman–Crippen LogP) is 4.88. The molecule has 0 N–H and O–H groups in total. The van der Waals surface area contributed by atoms with Crippen molar-refractivity contribution >= 4 is 23.4 Å². The Kier molecular flexibility index (Phi) is 4.72. The lowest BCUT2D eigenvalue weighted by Crippen LogP contribution is -1.98. The molecule has 2 rings (SSSR count). The minimum absolute atomic E-state index is 0.317. The second kappa shape index (κ2) is 6.31. The van der Waals surface area contributed by atoms with Crippen molar-refractivity contribution in [3.63, 3.8) is 0 Å². The van der Waals surface area contributed by atoms with Crippen LogP contribution >= 0.6 is 23.4 Å². The predicted molar refractivity (Wildman–Crippen MR) is 78.9 cm³/mol. The van der Waals surface area contributed by atoms with E-state index in [-0.39, 0.29) is 5.82 Å². The van der Waals surface area contributed by atoms with Crippen LogP contribution in [-0.4, -0.2) is 13.4 Å². The molecule has 0 aliphatic carbocycles. The van der Waals surface area contributed by atoms with Gasteiger partial charge in [0.2, 0.25) is 0 Å². The van der Waals surface area contributed by atoms with Crippen molar-refractivity contribution in [3.05, 3.63) is 59.4 Å². The number of thioether (sulfide) groups is 1. The van der Waals surface area contributed by atoms with Gasteiger partial charge in [-0.15, -0.1) is 23.4 Å². The van der Waals surface area contributed by atoms with E-state index in [0.29, 0.717) is 11.3 Å². The minimum atomic E-state index is -0.429. The third-order valence-corrected chi connectivity index (χ3v) is 4.10. The van der Waals surface area contributed by atoms with Crippen molar-refractivity contribution in [3.8, 4) is 5.75 Å². The Labute approximate surface area is 121 Å². The maximum Gasteiger partial charge on any atom is 0.124 e. The molecular weight excluding hydrogens is 283 g/mol. The van der Waals surface area contributed by atoms with E-state index in [9.17, 15) is 4.39 Å². The first-order chi connectivity index (χ1) is 9.15. The summed E-state index contributed by atoms with van der Waals surface area (Å²) in [5, 5.41) is -0.429. The molecule has 0 saturated carbocycles. The molecule has 0 spiro atoms. The molecule has 0 amide bonds. The number of methoxy groups -OCH3 is 1. The van der Waals surface area contributed by atoms with Crippen LogP contribution < -0.4 is 4.74 Å². The highest BCUT2D eigenvalue weighted by molar-refractivity contribution is 7.98. The van der Waals surface area contributed by atoms with Crippen molar-refractivity contribution in [2.24, 2.45) is 0 Å². The molecule has 0 aromatic heterocycles. The van der Waals surface area contributed by atoms with Crippen LogP contribution in [0.15, 0.2) is 47.4 Å². The van der Waals surface area contributed by atoms with E-state index in [0.717, 1.165) is 5.56 Å². The number of ether oxygens (including phenoxy) is 1. The Morgan fingerprint density at radius 2 is 1.84 bits per heavy atom.